The van der Waals surface area contributed by atoms with Crippen molar-refractivity contribution >= 4 is 11.4 Å². The molecule has 1 N–H and O–H groups in total. The molecule has 0 aliphatic carbocycles. The Hall–Kier alpha value is -1.83. The second-order valence-corrected chi connectivity index (χ2v) is 4.43. The van der Waals surface area contributed by atoms with Crippen LogP contribution in [0.15, 0.2) is 48.5 Å². The summed E-state index contributed by atoms with van der Waals surface area (Å²) in [5.74, 6) is -0.213. The van der Waals surface area contributed by atoms with Crippen molar-refractivity contribution in [3.8, 4) is 0 Å². The summed E-state index contributed by atoms with van der Waals surface area (Å²) >= 11 is 0. The van der Waals surface area contributed by atoms with Gasteiger partial charge in [-0.2, -0.15) is 0 Å². The maximum atomic E-state index is 12.8. The highest BCUT2D eigenvalue weighted by atomic mass is 19.1. The van der Waals surface area contributed by atoms with E-state index >= 15 is 0 Å². The minimum absolute atomic E-state index is 0.213. The molecule has 0 amide bonds. The standard InChI is InChI=1S/C16H18FN/c1-2-3-4-13-5-9-15(10-6-13)18-16-11-7-14(17)8-12-16/h5-12,18H,2-4H2,1H3. The van der Waals surface area contributed by atoms with Crippen molar-refractivity contribution in [1.29, 1.82) is 0 Å². The van der Waals surface area contributed by atoms with Crippen molar-refractivity contribution in [3.05, 3.63) is 59.9 Å². The zero-order valence-electron chi connectivity index (χ0n) is 10.6. The third-order valence-corrected chi connectivity index (χ3v) is 2.91. The van der Waals surface area contributed by atoms with E-state index in [1.807, 2.05) is 0 Å². The molecule has 2 aromatic carbocycles. The van der Waals surface area contributed by atoms with E-state index in [1.165, 1.54) is 30.5 Å². The lowest BCUT2D eigenvalue weighted by atomic mass is 10.1. The van der Waals surface area contributed by atoms with E-state index in [1.54, 1.807) is 12.1 Å². The van der Waals surface area contributed by atoms with E-state index < -0.39 is 0 Å². The Morgan fingerprint density at radius 1 is 0.889 bits per heavy atom. The van der Waals surface area contributed by atoms with E-state index in [4.69, 9.17) is 0 Å². The van der Waals surface area contributed by atoms with Crippen LogP contribution in [0, 0.1) is 5.82 Å². The van der Waals surface area contributed by atoms with Gasteiger partial charge in [0.05, 0.1) is 0 Å². The van der Waals surface area contributed by atoms with Crippen LogP contribution < -0.4 is 5.32 Å². The van der Waals surface area contributed by atoms with Crippen molar-refractivity contribution in [2.75, 3.05) is 5.32 Å². The number of rotatable bonds is 5. The summed E-state index contributed by atoms with van der Waals surface area (Å²) in [6, 6.07) is 14.8. The van der Waals surface area contributed by atoms with Crippen LogP contribution in [-0.2, 0) is 6.42 Å². The van der Waals surface area contributed by atoms with Crippen molar-refractivity contribution < 1.29 is 4.39 Å². The van der Waals surface area contributed by atoms with Gasteiger partial charge in [0.1, 0.15) is 5.82 Å². The van der Waals surface area contributed by atoms with Crippen molar-refractivity contribution in [2.24, 2.45) is 0 Å². The smallest absolute Gasteiger partial charge is 0.123 e. The first-order valence-electron chi connectivity index (χ1n) is 6.39. The number of benzene rings is 2. The van der Waals surface area contributed by atoms with Gasteiger partial charge in [0.15, 0.2) is 0 Å². The summed E-state index contributed by atoms with van der Waals surface area (Å²) in [6.45, 7) is 2.20. The molecule has 0 radical (unpaired) electrons. The monoisotopic (exact) mass is 243 g/mol. The number of halogens is 1. The van der Waals surface area contributed by atoms with Gasteiger partial charge in [0, 0.05) is 11.4 Å². The Labute approximate surface area is 108 Å². The molecule has 2 aromatic rings. The summed E-state index contributed by atoms with van der Waals surface area (Å²) in [7, 11) is 0. The van der Waals surface area contributed by atoms with Gasteiger partial charge in [-0.3, -0.25) is 0 Å². The SMILES string of the molecule is CCCCc1ccc(Nc2ccc(F)cc2)cc1. The van der Waals surface area contributed by atoms with Gasteiger partial charge in [-0.05, 0) is 54.8 Å². The molecule has 0 heterocycles. The molecule has 0 saturated carbocycles. The lowest BCUT2D eigenvalue weighted by Crippen LogP contribution is -1.91. The van der Waals surface area contributed by atoms with E-state index in [-0.39, 0.29) is 5.82 Å². The van der Waals surface area contributed by atoms with E-state index in [9.17, 15) is 4.39 Å². The normalized spacial score (nSPS) is 10.3. The topological polar surface area (TPSA) is 12.0 Å². The molecule has 18 heavy (non-hydrogen) atoms. The molecule has 0 fully saturated rings. The number of nitrogens with one attached hydrogen (secondary N) is 1. The number of anilines is 2. The molecule has 0 aliphatic rings. The van der Waals surface area contributed by atoms with Crippen LogP contribution in [0.25, 0.3) is 0 Å². The van der Waals surface area contributed by atoms with Crippen molar-refractivity contribution in [1.82, 2.24) is 0 Å². The number of unbranched alkanes of at least 4 members (excludes halogenated alkanes) is 1. The van der Waals surface area contributed by atoms with Crippen LogP contribution >= 0.6 is 0 Å². The molecule has 2 heteroatoms. The quantitative estimate of drug-likeness (QED) is 0.786. The molecule has 0 bridgehead atoms. The lowest BCUT2D eigenvalue weighted by molar-refractivity contribution is 0.628. The molecule has 0 atom stereocenters. The lowest BCUT2D eigenvalue weighted by Gasteiger charge is -2.07. The second kappa shape index (κ2) is 6.20. The third kappa shape index (κ3) is 3.59. The van der Waals surface area contributed by atoms with Gasteiger partial charge in [-0.25, -0.2) is 4.39 Å². The van der Waals surface area contributed by atoms with Crippen molar-refractivity contribution in [2.45, 2.75) is 26.2 Å². The maximum Gasteiger partial charge on any atom is 0.123 e. The van der Waals surface area contributed by atoms with Gasteiger partial charge in [0.25, 0.3) is 0 Å². The van der Waals surface area contributed by atoms with Crippen LogP contribution in [0.5, 0.6) is 0 Å². The van der Waals surface area contributed by atoms with Crippen LogP contribution in [-0.4, -0.2) is 0 Å². The molecule has 1 nitrogen and oxygen atoms in total. The van der Waals surface area contributed by atoms with E-state index in [0.717, 1.165) is 17.8 Å². The number of hydrogen-bond donors (Lipinski definition) is 1. The Balaban J connectivity index is 1.99. The van der Waals surface area contributed by atoms with Crippen LogP contribution in [0.3, 0.4) is 0 Å². The first kappa shape index (κ1) is 12.6. The van der Waals surface area contributed by atoms with Gasteiger partial charge in [-0.1, -0.05) is 25.5 Å². The average molecular weight is 243 g/mol. The molecule has 0 spiro atoms. The Kier molecular flexibility index (Phi) is 4.35. The van der Waals surface area contributed by atoms with Gasteiger partial charge >= 0.3 is 0 Å². The fraction of sp³-hybridized carbons (Fsp3) is 0.250. The average Bonchev–Trinajstić information content (AvgIpc) is 2.41. The number of hydrogen-bond acceptors (Lipinski definition) is 1. The van der Waals surface area contributed by atoms with E-state index in [0.29, 0.717) is 0 Å². The molecule has 2 rings (SSSR count). The van der Waals surface area contributed by atoms with Gasteiger partial charge in [-0.15, -0.1) is 0 Å². The van der Waals surface area contributed by atoms with Gasteiger partial charge in [0.2, 0.25) is 0 Å². The summed E-state index contributed by atoms with van der Waals surface area (Å²) in [5, 5.41) is 3.25. The first-order valence-corrected chi connectivity index (χ1v) is 6.39. The van der Waals surface area contributed by atoms with Crippen molar-refractivity contribution in [3.63, 3.8) is 0 Å². The summed E-state index contributed by atoms with van der Waals surface area (Å²) in [6.07, 6.45) is 3.58. The highest BCUT2D eigenvalue weighted by Crippen LogP contribution is 2.18. The Bertz CT molecular complexity index is 473. The van der Waals surface area contributed by atoms with Gasteiger partial charge < -0.3 is 5.32 Å². The summed E-state index contributed by atoms with van der Waals surface area (Å²) < 4.78 is 12.8. The minimum Gasteiger partial charge on any atom is -0.356 e. The molecule has 0 aromatic heterocycles. The molecular formula is C16H18FN. The van der Waals surface area contributed by atoms with Crippen LogP contribution in [0.1, 0.15) is 25.3 Å². The third-order valence-electron chi connectivity index (χ3n) is 2.91. The second-order valence-electron chi connectivity index (χ2n) is 4.43. The van der Waals surface area contributed by atoms with Crippen LogP contribution in [0.4, 0.5) is 15.8 Å². The fourth-order valence-electron chi connectivity index (χ4n) is 1.84. The first-order chi connectivity index (χ1) is 8.78. The molecule has 0 unspecified atom stereocenters. The fourth-order valence-corrected chi connectivity index (χ4v) is 1.84. The zero-order valence-corrected chi connectivity index (χ0v) is 10.6. The summed E-state index contributed by atoms with van der Waals surface area (Å²) in [4.78, 5) is 0. The maximum absolute atomic E-state index is 12.8. The Morgan fingerprint density at radius 2 is 1.44 bits per heavy atom. The molecule has 0 saturated heterocycles. The minimum atomic E-state index is -0.213. The predicted octanol–water partition coefficient (Wildman–Crippen LogP) is 4.91. The zero-order chi connectivity index (χ0) is 12.8. The highest BCUT2D eigenvalue weighted by molar-refractivity contribution is 5.59. The van der Waals surface area contributed by atoms with Crippen LogP contribution in [0.2, 0.25) is 0 Å². The molecule has 0 aliphatic heterocycles. The van der Waals surface area contributed by atoms with E-state index in [2.05, 4.69) is 36.5 Å². The molecule has 94 valence electrons. The summed E-state index contributed by atoms with van der Waals surface area (Å²) in [5.41, 5.74) is 3.29. The highest BCUT2D eigenvalue weighted by Gasteiger charge is 1.96. The number of aryl methyl sites for hydroxylation is 1. The predicted molar refractivity (Wildman–Crippen MR) is 74.7 cm³/mol. The largest absolute Gasteiger partial charge is 0.356 e. The Morgan fingerprint density at radius 3 is 2.00 bits per heavy atom. The molecular weight excluding hydrogens is 225 g/mol.